The smallest absolute Gasteiger partial charge is 0.0651 e. The maximum Gasteiger partial charge on any atom is 0.0651 e. The van der Waals surface area contributed by atoms with Gasteiger partial charge in [0.25, 0.3) is 0 Å². The Morgan fingerprint density at radius 2 is 2.11 bits per heavy atom. The van der Waals surface area contributed by atoms with E-state index in [9.17, 15) is 0 Å². The molecule has 0 amide bonds. The molecule has 1 aliphatic rings. The van der Waals surface area contributed by atoms with Crippen molar-refractivity contribution in [2.75, 3.05) is 7.05 Å². The van der Waals surface area contributed by atoms with Gasteiger partial charge in [-0.15, -0.1) is 0 Å². The third-order valence-corrected chi connectivity index (χ3v) is 4.18. The standard InChI is InChI=1S/C16H20N2/c1-17-15(11-12-5-4-6-12)16-14-8-3-2-7-13(14)9-10-18-16/h2-3,7-10,12,15,17H,4-6,11H2,1H3. The third-order valence-electron chi connectivity index (χ3n) is 4.18. The molecule has 2 nitrogen and oxygen atoms in total. The Morgan fingerprint density at radius 1 is 1.28 bits per heavy atom. The fourth-order valence-electron chi connectivity index (χ4n) is 2.85. The Labute approximate surface area is 108 Å². The molecule has 0 radical (unpaired) electrons. The lowest BCUT2D eigenvalue weighted by molar-refractivity contribution is 0.264. The summed E-state index contributed by atoms with van der Waals surface area (Å²) in [4.78, 5) is 4.63. The second-order valence-corrected chi connectivity index (χ2v) is 5.29. The fourth-order valence-corrected chi connectivity index (χ4v) is 2.85. The van der Waals surface area contributed by atoms with Crippen LogP contribution in [0.3, 0.4) is 0 Å². The van der Waals surface area contributed by atoms with Gasteiger partial charge in [0.1, 0.15) is 0 Å². The molecule has 2 heteroatoms. The molecular weight excluding hydrogens is 220 g/mol. The van der Waals surface area contributed by atoms with Crippen molar-refractivity contribution in [2.45, 2.75) is 31.7 Å². The Hall–Kier alpha value is -1.41. The normalized spacial score (nSPS) is 17.6. The lowest BCUT2D eigenvalue weighted by Crippen LogP contribution is -2.24. The van der Waals surface area contributed by atoms with E-state index in [-0.39, 0.29) is 0 Å². The average molecular weight is 240 g/mol. The molecular formula is C16H20N2. The molecule has 94 valence electrons. The third kappa shape index (κ3) is 2.13. The number of hydrogen-bond donors (Lipinski definition) is 1. The average Bonchev–Trinajstić information content (AvgIpc) is 2.38. The van der Waals surface area contributed by atoms with Crippen molar-refractivity contribution in [1.29, 1.82) is 0 Å². The van der Waals surface area contributed by atoms with E-state index in [1.54, 1.807) is 0 Å². The van der Waals surface area contributed by atoms with E-state index in [1.165, 1.54) is 42.1 Å². The Kier molecular flexibility index (Phi) is 3.28. The van der Waals surface area contributed by atoms with Gasteiger partial charge in [-0.05, 0) is 30.8 Å². The van der Waals surface area contributed by atoms with E-state index >= 15 is 0 Å². The summed E-state index contributed by atoms with van der Waals surface area (Å²) in [5.41, 5.74) is 1.21. The number of benzene rings is 1. The van der Waals surface area contributed by atoms with Gasteiger partial charge in [0.15, 0.2) is 0 Å². The highest BCUT2D eigenvalue weighted by molar-refractivity contribution is 5.84. The minimum Gasteiger partial charge on any atom is -0.312 e. The SMILES string of the molecule is CNC(CC1CCC1)c1nccc2ccccc12. The van der Waals surface area contributed by atoms with E-state index in [1.807, 2.05) is 13.2 Å². The van der Waals surface area contributed by atoms with Crippen molar-refractivity contribution < 1.29 is 0 Å². The van der Waals surface area contributed by atoms with Crippen molar-refractivity contribution in [3.63, 3.8) is 0 Å². The van der Waals surface area contributed by atoms with Crippen LogP contribution < -0.4 is 5.32 Å². The van der Waals surface area contributed by atoms with Crippen molar-refractivity contribution in [2.24, 2.45) is 5.92 Å². The van der Waals surface area contributed by atoms with Gasteiger partial charge in [0.2, 0.25) is 0 Å². The molecule has 1 atom stereocenters. The minimum absolute atomic E-state index is 0.390. The maximum atomic E-state index is 4.63. The fraction of sp³-hybridized carbons (Fsp3) is 0.438. The number of aromatic nitrogens is 1. The van der Waals surface area contributed by atoms with Crippen molar-refractivity contribution >= 4 is 10.8 Å². The first kappa shape index (κ1) is 11.7. The van der Waals surface area contributed by atoms with Crippen LogP contribution in [0.25, 0.3) is 10.8 Å². The monoisotopic (exact) mass is 240 g/mol. The van der Waals surface area contributed by atoms with Gasteiger partial charge in [-0.2, -0.15) is 0 Å². The van der Waals surface area contributed by atoms with Crippen molar-refractivity contribution in [1.82, 2.24) is 10.3 Å². The van der Waals surface area contributed by atoms with E-state index in [0.717, 1.165) is 5.92 Å². The van der Waals surface area contributed by atoms with Crippen molar-refractivity contribution in [3.05, 3.63) is 42.2 Å². The summed E-state index contributed by atoms with van der Waals surface area (Å²) in [6.07, 6.45) is 7.34. The maximum absolute atomic E-state index is 4.63. The lowest BCUT2D eigenvalue weighted by atomic mass is 9.80. The summed E-state index contributed by atoms with van der Waals surface area (Å²) in [6, 6.07) is 11.0. The molecule has 1 aromatic carbocycles. The molecule has 1 saturated carbocycles. The predicted octanol–water partition coefficient (Wildman–Crippen LogP) is 3.69. The largest absolute Gasteiger partial charge is 0.312 e. The number of hydrogen-bond acceptors (Lipinski definition) is 2. The van der Waals surface area contributed by atoms with Gasteiger partial charge < -0.3 is 5.32 Å². The highest BCUT2D eigenvalue weighted by Gasteiger charge is 2.23. The number of pyridine rings is 1. The quantitative estimate of drug-likeness (QED) is 0.881. The molecule has 0 bridgehead atoms. The molecule has 0 aliphatic heterocycles. The number of fused-ring (bicyclic) bond motifs is 1. The first-order valence-electron chi connectivity index (χ1n) is 6.89. The molecule has 1 fully saturated rings. The summed E-state index contributed by atoms with van der Waals surface area (Å²) in [6.45, 7) is 0. The lowest BCUT2D eigenvalue weighted by Gasteiger charge is -2.29. The predicted molar refractivity (Wildman–Crippen MR) is 75.5 cm³/mol. The van der Waals surface area contributed by atoms with Crippen LogP contribution in [0, 0.1) is 5.92 Å². The molecule has 3 rings (SSSR count). The number of nitrogens with one attached hydrogen (secondary N) is 1. The molecule has 1 aliphatic carbocycles. The zero-order chi connectivity index (χ0) is 12.4. The van der Waals surface area contributed by atoms with Crippen LogP contribution >= 0.6 is 0 Å². The van der Waals surface area contributed by atoms with Gasteiger partial charge >= 0.3 is 0 Å². The van der Waals surface area contributed by atoms with E-state index in [2.05, 4.69) is 40.6 Å². The Bertz CT molecular complexity index is 526. The zero-order valence-electron chi connectivity index (χ0n) is 10.9. The Morgan fingerprint density at radius 3 is 2.83 bits per heavy atom. The van der Waals surface area contributed by atoms with Gasteiger partial charge in [-0.1, -0.05) is 43.5 Å². The van der Waals surface area contributed by atoms with Crippen LogP contribution in [0.2, 0.25) is 0 Å². The summed E-state index contributed by atoms with van der Waals surface area (Å²) in [5.74, 6) is 0.892. The van der Waals surface area contributed by atoms with Gasteiger partial charge in [-0.3, -0.25) is 4.98 Å². The summed E-state index contributed by atoms with van der Waals surface area (Å²) in [5, 5.41) is 6.03. The summed E-state index contributed by atoms with van der Waals surface area (Å²) < 4.78 is 0. The second kappa shape index (κ2) is 5.07. The first-order chi connectivity index (χ1) is 8.88. The van der Waals surface area contributed by atoms with E-state index in [0.29, 0.717) is 6.04 Å². The Balaban J connectivity index is 1.95. The highest BCUT2D eigenvalue weighted by atomic mass is 14.9. The number of rotatable bonds is 4. The minimum atomic E-state index is 0.390. The zero-order valence-corrected chi connectivity index (χ0v) is 10.9. The molecule has 0 saturated heterocycles. The summed E-state index contributed by atoms with van der Waals surface area (Å²) >= 11 is 0. The van der Waals surface area contributed by atoms with Crippen LogP contribution in [0.15, 0.2) is 36.5 Å². The van der Waals surface area contributed by atoms with Crippen LogP contribution in [0.1, 0.15) is 37.4 Å². The van der Waals surface area contributed by atoms with Gasteiger partial charge in [0.05, 0.1) is 11.7 Å². The molecule has 18 heavy (non-hydrogen) atoms. The highest BCUT2D eigenvalue weighted by Crippen LogP contribution is 2.35. The van der Waals surface area contributed by atoms with Crippen LogP contribution in [-0.4, -0.2) is 12.0 Å². The molecule has 1 unspecified atom stereocenters. The number of nitrogens with zero attached hydrogens (tertiary/aromatic N) is 1. The van der Waals surface area contributed by atoms with Gasteiger partial charge in [-0.25, -0.2) is 0 Å². The van der Waals surface area contributed by atoms with E-state index in [4.69, 9.17) is 0 Å². The molecule has 1 N–H and O–H groups in total. The molecule has 2 aromatic rings. The topological polar surface area (TPSA) is 24.9 Å². The van der Waals surface area contributed by atoms with Crippen LogP contribution in [-0.2, 0) is 0 Å². The molecule has 1 heterocycles. The van der Waals surface area contributed by atoms with E-state index < -0.39 is 0 Å². The molecule has 1 aromatic heterocycles. The molecule has 0 spiro atoms. The van der Waals surface area contributed by atoms with Gasteiger partial charge in [0, 0.05) is 11.6 Å². The second-order valence-electron chi connectivity index (χ2n) is 5.29. The van der Waals surface area contributed by atoms with Crippen molar-refractivity contribution in [3.8, 4) is 0 Å². The summed E-state index contributed by atoms with van der Waals surface area (Å²) in [7, 11) is 2.05. The van der Waals surface area contributed by atoms with Crippen LogP contribution in [0.4, 0.5) is 0 Å². The first-order valence-corrected chi connectivity index (χ1v) is 6.89. The van der Waals surface area contributed by atoms with Crippen LogP contribution in [0.5, 0.6) is 0 Å².